The molecule has 0 saturated heterocycles. The molecule has 0 aliphatic carbocycles. The fourth-order valence-corrected chi connectivity index (χ4v) is 3.22. The third-order valence-electron chi connectivity index (χ3n) is 5.20. The van der Waals surface area contributed by atoms with E-state index >= 15 is 0 Å². The van der Waals surface area contributed by atoms with Crippen molar-refractivity contribution in [2.24, 2.45) is 5.41 Å². The van der Waals surface area contributed by atoms with E-state index in [0.717, 1.165) is 16.9 Å². The van der Waals surface area contributed by atoms with Crippen LogP contribution in [0.5, 0.6) is 5.75 Å². The van der Waals surface area contributed by atoms with Gasteiger partial charge in [-0.2, -0.15) is 0 Å². The number of para-hydroxylation sites is 1. The van der Waals surface area contributed by atoms with Crippen LogP contribution in [0, 0.1) is 19.3 Å². The predicted molar refractivity (Wildman–Crippen MR) is 130 cm³/mol. The van der Waals surface area contributed by atoms with E-state index in [1.807, 2.05) is 45.9 Å². The Labute approximate surface area is 200 Å². The molecule has 0 aliphatic rings. The maximum Gasteiger partial charge on any atom is 0.244 e. The van der Waals surface area contributed by atoms with Gasteiger partial charge in [0, 0.05) is 18.3 Å². The summed E-state index contributed by atoms with van der Waals surface area (Å²) in [6, 6.07) is 12.9. The van der Waals surface area contributed by atoms with Gasteiger partial charge >= 0.3 is 0 Å². The van der Waals surface area contributed by atoms with Crippen molar-refractivity contribution in [1.82, 2.24) is 10.9 Å². The number of amides is 3. The molecular formula is C25H32ClN3O4. The van der Waals surface area contributed by atoms with Crippen LogP contribution in [-0.4, -0.2) is 24.3 Å². The molecule has 0 radical (unpaired) electrons. The Bertz CT molecular complexity index is 991. The lowest BCUT2D eigenvalue weighted by atomic mass is 9.87. The van der Waals surface area contributed by atoms with Crippen LogP contribution in [0.1, 0.15) is 50.7 Å². The molecule has 33 heavy (non-hydrogen) atoms. The predicted octanol–water partition coefficient (Wildman–Crippen LogP) is 4.71. The van der Waals surface area contributed by atoms with Crippen LogP contribution >= 0.6 is 11.6 Å². The number of hydrogen-bond acceptors (Lipinski definition) is 4. The van der Waals surface area contributed by atoms with Crippen LogP contribution in [0.4, 0.5) is 5.69 Å². The lowest BCUT2D eigenvalue weighted by molar-refractivity contribution is -0.134. The molecule has 178 valence electrons. The van der Waals surface area contributed by atoms with Gasteiger partial charge in [-0.25, -0.2) is 0 Å². The standard InChI is InChI=1S/C25H32ClN3O4/c1-17-10-11-18(2)21(16-17)33-15-7-14-25(3,4)24(32)29-28-23(31)13-12-22(30)27-20-9-6-5-8-19(20)26/h5-6,8-11,16H,7,12-15H2,1-4H3,(H,27,30)(H,28,31)(H,29,32). The maximum atomic E-state index is 12.5. The zero-order valence-electron chi connectivity index (χ0n) is 19.6. The fourth-order valence-electron chi connectivity index (χ4n) is 3.03. The molecule has 2 rings (SSSR count). The van der Waals surface area contributed by atoms with Crippen LogP contribution < -0.4 is 20.9 Å². The Kier molecular flexibility index (Phi) is 9.73. The molecule has 0 aliphatic heterocycles. The number of hydrazine groups is 1. The largest absolute Gasteiger partial charge is 0.493 e. The Balaban J connectivity index is 1.68. The quantitative estimate of drug-likeness (QED) is 0.344. The number of carbonyl (C=O) groups excluding carboxylic acids is 3. The van der Waals surface area contributed by atoms with E-state index in [4.69, 9.17) is 16.3 Å². The highest BCUT2D eigenvalue weighted by Crippen LogP contribution is 2.24. The molecule has 8 heteroatoms. The number of carbonyl (C=O) groups is 3. The van der Waals surface area contributed by atoms with Gasteiger partial charge in [-0.3, -0.25) is 25.2 Å². The molecule has 0 unspecified atom stereocenters. The van der Waals surface area contributed by atoms with Gasteiger partial charge in [-0.1, -0.05) is 49.7 Å². The molecule has 0 spiro atoms. The van der Waals surface area contributed by atoms with E-state index in [1.54, 1.807) is 24.3 Å². The summed E-state index contributed by atoms with van der Waals surface area (Å²) in [7, 11) is 0. The molecule has 0 atom stereocenters. The summed E-state index contributed by atoms with van der Waals surface area (Å²) in [5.74, 6) is -0.244. The molecule has 0 saturated carbocycles. The summed E-state index contributed by atoms with van der Waals surface area (Å²) >= 11 is 6.00. The smallest absolute Gasteiger partial charge is 0.244 e. The van der Waals surface area contributed by atoms with Crippen molar-refractivity contribution in [2.75, 3.05) is 11.9 Å². The summed E-state index contributed by atoms with van der Waals surface area (Å²) in [5, 5.41) is 3.07. The van der Waals surface area contributed by atoms with Crippen LogP contribution in [0.2, 0.25) is 5.02 Å². The minimum Gasteiger partial charge on any atom is -0.493 e. The van der Waals surface area contributed by atoms with Crippen molar-refractivity contribution in [2.45, 2.75) is 53.4 Å². The van der Waals surface area contributed by atoms with E-state index < -0.39 is 11.3 Å². The third-order valence-corrected chi connectivity index (χ3v) is 5.53. The van der Waals surface area contributed by atoms with Crippen molar-refractivity contribution in [3.8, 4) is 5.75 Å². The first-order chi connectivity index (χ1) is 15.6. The van der Waals surface area contributed by atoms with Crippen LogP contribution in [-0.2, 0) is 14.4 Å². The lowest BCUT2D eigenvalue weighted by Crippen LogP contribution is -2.47. The van der Waals surface area contributed by atoms with E-state index in [2.05, 4.69) is 16.2 Å². The number of halogens is 1. The van der Waals surface area contributed by atoms with Crippen molar-refractivity contribution in [3.63, 3.8) is 0 Å². The van der Waals surface area contributed by atoms with Crippen molar-refractivity contribution < 1.29 is 19.1 Å². The van der Waals surface area contributed by atoms with Crippen LogP contribution in [0.15, 0.2) is 42.5 Å². The average molecular weight is 474 g/mol. The molecule has 3 amide bonds. The fraction of sp³-hybridized carbons (Fsp3) is 0.400. The van der Waals surface area contributed by atoms with Crippen molar-refractivity contribution in [3.05, 3.63) is 58.6 Å². The number of anilines is 1. The summed E-state index contributed by atoms with van der Waals surface area (Å²) in [6.07, 6.45) is 1.16. The first kappa shape index (κ1) is 26.2. The van der Waals surface area contributed by atoms with Gasteiger partial charge in [0.15, 0.2) is 0 Å². The summed E-state index contributed by atoms with van der Waals surface area (Å²) in [6.45, 7) is 8.12. The molecule has 0 fully saturated rings. The second kappa shape index (κ2) is 12.3. The lowest BCUT2D eigenvalue weighted by Gasteiger charge is -2.23. The Morgan fingerprint density at radius 3 is 2.39 bits per heavy atom. The summed E-state index contributed by atoms with van der Waals surface area (Å²) in [4.78, 5) is 36.5. The van der Waals surface area contributed by atoms with Gasteiger partial charge < -0.3 is 10.1 Å². The zero-order chi connectivity index (χ0) is 24.4. The van der Waals surface area contributed by atoms with E-state index in [1.165, 1.54) is 0 Å². The number of rotatable bonds is 10. The van der Waals surface area contributed by atoms with E-state index in [-0.39, 0.29) is 24.7 Å². The highest BCUT2D eigenvalue weighted by molar-refractivity contribution is 6.33. The normalized spacial score (nSPS) is 10.9. The minimum atomic E-state index is -0.695. The maximum absolute atomic E-state index is 12.5. The molecule has 2 aromatic carbocycles. The first-order valence-corrected chi connectivity index (χ1v) is 11.3. The van der Waals surface area contributed by atoms with Gasteiger partial charge in [0.25, 0.3) is 0 Å². The van der Waals surface area contributed by atoms with Gasteiger partial charge in [-0.05, 0) is 56.0 Å². The zero-order valence-corrected chi connectivity index (χ0v) is 20.3. The van der Waals surface area contributed by atoms with Crippen molar-refractivity contribution >= 4 is 35.0 Å². The molecule has 3 N–H and O–H groups in total. The van der Waals surface area contributed by atoms with Crippen LogP contribution in [0.3, 0.4) is 0 Å². The molecule has 2 aromatic rings. The summed E-state index contributed by atoms with van der Waals surface area (Å²) in [5.41, 5.74) is 6.82. The number of aryl methyl sites for hydroxylation is 2. The minimum absolute atomic E-state index is 0.0357. The topological polar surface area (TPSA) is 96.5 Å². The third kappa shape index (κ3) is 8.77. The van der Waals surface area contributed by atoms with E-state index in [9.17, 15) is 14.4 Å². The second-order valence-corrected chi connectivity index (χ2v) is 9.04. The molecule has 0 heterocycles. The molecular weight excluding hydrogens is 442 g/mol. The Morgan fingerprint density at radius 1 is 0.970 bits per heavy atom. The number of benzene rings is 2. The van der Waals surface area contributed by atoms with Gasteiger partial charge in [0.1, 0.15) is 5.75 Å². The van der Waals surface area contributed by atoms with E-state index in [0.29, 0.717) is 30.2 Å². The Hall–Kier alpha value is -3.06. The van der Waals surface area contributed by atoms with Crippen molar-refractivity contribution in [1.29, 1.82) is 0 Å². The number of ether oxygens (including phenoxy) is 1. The number of hydrogen-bond donors (Lipinski definition) is 3. The molecule has 0 bridgehead atoms. The molecule has 7 nitrogen and oxygen atoms in total. The number of nitrogens with one attached hydrogen (secondary N) is 3. The van der Waals surface area contributed by atoms with Gasteiger partial charge in [-0.15, -0.1) is 0 Å². The SMILES string of the molecule is Cc1ccc(C)c(OCCCC(C)(C)C(=O)NNC(=O)CCC(=O)Nc2ccccc2Cl)c1. The summed E-state index contributed by atoms with van der Waals surface area (Å²) < 4.78 is 5.85. The second-order valence-electron chi connectivity index (χ2n) is 8.64. The van der Waals surface area contributed by atoms with Crippen LogP contribution in [0.25, 0.3) is 0 Å². The molecule has 0 aromatic heterocycles. The Morgan fingerprint density at radius 2 is 1.67 bits per heavy atom. The average Bonchev–Trinajstić information content (AvgIpc) is 2.77. The highest BCUT2D eigenvalue weighted by atomic mass is 35.5. The monoisotopic (exact) mass is 473 g/mol. The van der Waals surface area contributed by atoms with Gasteiger partial charge in [0.2, 0.25) is 17.7 Å². The highest BCUT2D eigenvalue weighted by Gasteiger charge is 2.27. The first-order valence-electron chi connectivity index (χ1n) is 10.9. The van der Waals surface area contributed by atoms with Gasteiger partial charge in [0.05, 0.1) is 17.3 Å².